The van der Waals surface area contributed by atoms with Crippen LogP contribution in [0.2, 0.25) is 0 Å². The van der Waals surface area contributed by atoms with Crippen LogP contribution in [0.3, 0.4) is 0 Å². The van der Waals surface area contributed by atoms with Gasteiger partial charge < -0.3 is 16.0 Å². The number of rotatable bonds is 8. The minimum atomic E-state index is 0.00800. The Morgan fingerprint density at radius 2 is 1.88 bits per heavy atom. The summed E-state index contributed by atoms with van der Waals surface area (Å²) in [6, 6.07) is 0. The van der Waals surface area contributed by atoms with Crippen molar-refractivity contribution in [1.82, 2.24) is 16.0 Å². The lowest BCUT2D eigenvalue weighted by Crippen LogP contribution is -2.36. The minimum Gasteiger partial charge on any atom is -0.359 e. The van der Waals surface area contributed by atoms with Crippen molar-refractivity contribution in [2.75, 3.05) is 26.7 Å². The molecule has 0 aromatic heterocycles. The first-order valence-corrected chi connectivity index (χ1v) is 5.74. The minimum absolute atomic E-state index is 0.00800. The predicted octanol–water partition coefficient (Wildman–Crippen LogP) is -0.126. The molecule has 0 bridgehead atoms. The fourth-order valence-corrected chi connectivity index (χ4v) is 1.08. The molecule has 0 unspecified atom stereocenters. The molecule has 3 N–H and O–H groups in total. The first-order valence-electron chi connectivity index (χ1n) is 5.74. The molecule has 94 valence electrons. The fourth-order valence-electron chi connectivity index (χ4n) is 1.08. The van der Waals surface area contributed by atoms with Crippen molar-refractivity contribution < 1.29 is 9.59 Å². The largest absolute Gasteiger partial charge is 0.359 e. The Hall–Kier alpha value is -1.10. The van der Waals surface area contributed by atoms with Crippen molar-refractivity contribution in [2.24, 2.45) is 5.92 Å². The summed E-state index contributed by atoms with van der Waals surface area (Å²) in [5.74, 6) is 0.511. The van der Waals surface area contributed by atoms with Gasteiger partial charge in [-0.3, -0.25) is 9.59 Å². The normalized spacial score (nSPS) is 10.2. The van der Waals surface area contributed by atoms with Crippen molar-refractivity contribution in [1.29, 1.82) is 0 Å². The van der Waals surface area contributed by atoms with Crippen LogP contribution in [0.1, 0.15) is 26.7 Å². The third kappa shape index (κ3) is 9.45. The van der Waals surface area contributed by atoms with Gasteiger partial charge in [0, 0.05) is 20.0 Å². The van der Waals surface area contributed by atoms with E-state index in [4.69, 9.17) is 0 Å². The molecule has 2 amide bonds. The molecule has 0 atom stereocenters. The van der Waals surface area contributed by atoms with E-state index in [0.29, 0.717) is 32.0 Å². The highest BCUT2D eigenvalue weighted by Crippen LogP contribution is 1.87. The molecule has 0 aliphatic rings. The zero-order valence-electron chi connectivity index (χ0n) is 10.4. The van der Waals surface area contributed by atoms with E-state index in [1.165, 1.54) is 0 Å². The quantitative estimate of drug-likeness (QED) is 0.508. The summed E-state index contributed by atoms with van der Waals surface area (Å²) in [6.07, 6.45) is 1.24. The molecule has 0 rings (SSSR count). The molecule has 0 fully saturated rings. The molecule has 0 spiro atoms. The Labute approximate surface area is 97.4 Å². The van der Waals surface area contributed by atoms with E-state index in [-0.39, 0.29) is 11.8 Å². The van der Waals surface area contributed by atoms with Crippen molar-refractivity contribution in [3.8, 4) is 0 Å². The van der Waals surface area contributed by atoms with Crippen LogP contribution in [0, 0.1) is 5.92 Å². The van der Waals surface area contributed by atoms with Crippen LogP contribution in [0.15, 0.2) is 0 Å². The monoisotopic (exact) mass is 229 g/mol. The molecule has 0 aliphatic carbocycles. The van der Waals surface area contributed by atoms with Crippen LogP contribution < -0.4 is 16.0 Å². The highest BCUT2D eigenvalue weighted by atomic mass is 16.2. The van der Waals surface area contributed by atoms with Gasteiger partial charge in [0.25, 0.3) is 0 Å². The molecule has 0 heterocycles. The van der Waals surface area contributed by atoms with E-state index >= 15 is 0 Å². The van der Waals surface area contributed by atoms with Crippen LogP contribution in [-0.2, 0) is 9.59 Å². The molecular weight excluding hydrogens is 206 g/mol. The SMILES string of the molecule is CNC(=O)CCCNCC(=O)NCC(C)C. The lowest BCUT2D eigenvalue weighted by Gasteiger charge is -2.08. The zero-order valence-corrected chi connectivity index (χ0v) is 10.4. The van der Waals surface area contributed by atoms with Gasteiger partial charge in [-0.05, 0) is 18.9 Å². The van der Waals surface area contributed by atoms with Gasteiger partial charge in [0.1, 0.15) is 0 Å². The van der Waals surface area contributed by atoms with Crippen LogP contribution >= 0.6 is 0 Å². The van der Waals surface area contributed by atoms with Gasteiger partial charge in [-0.15, -0.1) is 0 Å². The Balaban J connectivity index is 3.31. The van der Waals surface area contributed by atoms with Crippen LogP contribution in [0.4, 0.5) is 0 Å². The van der Waals surface area contributed by atoms with Crippen molar-refractivity contribution in [2.45, 2.75) is 26.7 Å². The third-order valence-corrected chi connectivity index (χ3v) is 2.03. The van der Waals surface area contributed by atoms with Gasteiger partial charge in [-0.1, -0.05) is 13.8 Å². The lowest BCUT2D eigenvalue weighted by atomic mass is 10.2. The second-order valence-corrected chi connectivity index (χ2v) is 4.15. The van der Waals surface area contributed by atoms with E-state index in [1.807, 2.05) is 0 Å². The molecule has 0 aromatic carbocycles. The van der Waals surface area contributed by atoms with Crippen molar-refractivity contribution >= 4 is 11.8 Å². The number of carbonyl (C=O) groups is 2. The van der Waals surface area contributed by atoms with Crippen LogP contribution in [0.5, 0.6) is 0 Å². The lowest BCUT2D eigenvalue weighted by molar-refractivity contribution is -0.120. The highest BCUT2D eigenvalue weighted by molar-refractivity contribution is 5.78. The average Bonchev–Trinajstić information content (AvgIpc) is 2.25. The fraction of sp³-hybridized carbons (Fsp3) is 0.818. The van der Waals surface area contributed by atoms with Gasteiger partial charge in [0.15, 0.2) is 0 Å². The zero-order chi connectivity index (χ0) is 12.4. The molecule has 5 nitrogen and oxygen atoms in total. The molecule has 0 aliphatic heterocycles. The van der Waals surface area contributed by atoms with Crippen molar-refractivity contribution in [3.63, 3.8) is 0 Å². The summed E-state index contributed by atoms with van der Waals surface area (Å²) >= 11 is 0. The molecular formula is C11H23N3O2. The molecule has 0 saturated heterocycles. The van der Waals surface area contributed by atoms with Crippen LogP contribution in [-0.4, -0.2) is 38.5 Å². The number of hydrogen-bond donors (Lipinski definition) is 3. The van der Waals surface area contributed by atoms with E-state index in [0.717, 1.165) is 6.42 Å². The summed E-state index contributed by atoms with van der Waals surface area (Å²) < 4.78 is 0. The van der Waals surface area contributed by atoms with E-state index < -0.39 is 0 Å². The summed E-state index contributed by atoms with van der Waals surface area (Å²) in [5.41, 5.74) is 0. The Kier molecular flexibility index (Phi) is 8.52. The standard InChI is InChI=1S/C11H23N3O2/c1-9(2)7-14-11(16)8-13-6-4-5-10(15)12-3/h9,13H,4-8H2,1-3H3,(H,12,15)(H,14,16). The van der Waals surface area contributed by atoms with Gasteiger partial charge >= 0.3 is 0 Å². The molecule has 0 saturated carbocycles. The maximum absolute atomic E-state index is 11.2. The molecule has 5 heteroatoms. The Bertz CT molecular complexity index is 217. The highest BCUT2D eigenvalue weighted by Gasteiger charge is 2.01. The summed E-state index contributed by atoms with van der Waals surface area (Å²) in [6.45, 7) is 5.82. The summed E-state index contributed by atoms with van der Waals surface area (Å²) in [5, 5.41) is 8.36. The number of hydrogen-bond acceptors (Lipinski definition) is 3. The first kappa shape index (κ1) is 14.9. The Morgan fingerprint density at radius 1 is 1.19 bits per heavy atom. The summed E-state index contributed by atoms with van der Waals surface area (Å²) in [7, 11) is 1.62. The second-order valence-electron chi connectivity index (χ2n) is 4.15. The van der Waals surface area contributed by atoms with Gasteiger partial charge in [0.05, 0.1) is 6.54 Å². The predicted molar refractivity (Wildman–Crippen MR) is 64.0 cm³/mol. The number of nitrogens with one attached hydrogen (secondary N) is 3. The topological polar surface area (TPSA) is 70.2 Å². The van der Waals surface area contributed by atoms with Crippen LogP contribution in [0.25, 0.3) is 0 Å². The van der Waals surface area contributed by atoms with Crippen molar-refractivity contribution in [3.05, 3.63) is 0 Å². The van der Waals surface area contributed by atoms with E-state index in [1.54, 1.807) is 7.05 Å². The molecule has 0 radical (unpaired) electrons. The van der Waals surface area contributed by atoms with E-state index in [2.05, 4.69) is 29.8 Å². The third-order valence-electron chi connectivity index (χ3n) is 2.03. The molecule has 0 aromatic rings. The number of amides is 2. The first-order chi connectivity index (χ1) is 7.56. The maximum atomic E-state index is 11.2. The van der Waals surface area contributed by atoms with Gasteiger partial charge in [0.2, 0.25) is 11.8 Å². The van der Waals surface area contributed by atoms with Gasteiger partial charge in [-0.25, -0.2) is 0 Å². The average molecular weight is 229 g/mol. The van der Waals surface area contributed by atoms with E-state index in [9.17, 15) is 9.59 Å². The summed E-state index contributed by atoms with van der Waals surface area (Å²) in [4.78, 5) is 22.1. The number of carbonyl (C=O) groups excluding carboxylic acids is 2. The smallest absolute Gasteiger partial charge is 0.233 e. The Morgan fingerprint density at radius 3 is 2.44 bits per heavy atom. The molecule has 16 heavy (non-hydrogen) atoms. The van der Waals surface area contributed by atoms with Gasteiger partial charge in [-0.2, -0.15) is 0 Å². The maximum Gasteiger partial charge on any atom is 0.233 e. The second kappa shape index (κ2) is 9.15.